The number of fused-ring (bicyclic) bond motifs is 2. The molecule has 6 nitrogen and oxygen atoms in total. The number of hydrogen-bond acceptors (Lipinski definition) is 6. The van der Waals surface area contributed by atoms with Crippen molar-refractivity contribution in [2.24, 2.45) is 0 Å². The van der Waals surface area contributed by atoms with Gasteiger partial charge in [0.1, 0.15) is 0 Å². The van der Waals surface area contributed by atoms with Crippen LogP contribution in [0.3, 0.4) is 0 Å². The highest BCUT2D eigenvalue weighted by molar-refractivity contribution is 6.28. The third kappa shape index (κ3) is 14.8. The average molecular weight is 745 g/mol. The summed E-state index contributed by atoms with van der Waals surface area (Å²) in [6, 6.07) is 10.7. The van der Waals surface area contributed by atoms with E-state index in [-0.39, 0.29) is 36.3 Å². The summed E-state index contributed by atoms with van der Waals surface area (Å²) in [6.45, 7) is 13.2. The first kappa shape index (κ1) is 45.1. The molecule has 0 saturated carbocycles. The van der Waals surface area contributed by atoms with Gasteiger partial charge in [-0.15, -0.1) is 0 Å². The molecule has 2 aromatic rings. The molecule has 0 N–H and O–H groups in total. The fraction of sp³-hybridized carbons (Fsp3) is 0.667. The first-order valence-electron chi connectivity index (χ1n) is 21.6. The summed E-state index contributed by atoms with van der Waals surface area (Å²) in [6.07, 6.45) is 24.9. The molecule has 0 bridgehead atoms. The van der Waals surface area contributed by atoms with Crippen LogP contribution >= 0.6 is 0 Å². The highest BCUT2D eigenvalue weighted by atomic mass is 16.5. The summed E-state index contributed by atoms with van der Waals surface area (Å²) in [5.74, 6) is -0.916. The summed E-state index contributed by atoms with van der Waals surface area (Å²) in [7, 11) is 0. The molecule has 0 amide bonds. The summed E-state index contributed by atoms with van der Waals surface area (Å²) in [4.78, 5) is 53.2. The minimum Gasteiger partial charge on any atom is -0.466 e. The highest BCUT2D eigenvalue weighted by Gasteiger charge is 2.34. The van der Waals surface area contributed by atoms with Gasteiger partial charge in [0.05, 0.1) is 26.1 Å². The first-order valence-corrected chi connectivity index (χ1v) is 21.6. The number of rotatable bonds is 28. The molecule has 1 aliphatic rings. The minimum atomic E-state index is -0.580. The van der Waals surface area contributed by atoms with Crippen LogP contribution in [0.25, 0.3) is 0 Å². The van der Waals surface area contributed by atoms with Gasteiger partial charge in [0.25, 0.3) is 0 Å². The smallest absolute Gasteiger partial charge is 0.306 e. The van der Waals surface area contributed by atoms with Crippen LogP contribution in [0.5, 0.6) is 0 Å². The molecule has 0 aromatic heterocycles. The van der Waals surface area contributed by atoms with Crippen LogP contribution in [0.2, 0.25) is 0 Å². The SMILES string of the molecule is CCCCCCCCCCCCOC(=O)CC(C)(C)c1ccc2c(c1)C(=O)c1ccc(C(C)(C)CC(=O)OCCCCCCCCCCCC)cc1C2=O. The Bertz CT molecular complexity index is 1370. The monoisotopic (exact) mass is 745 g/mol. The van der Waals surface area contributed by atoms with E-state index in [1.807, 2.05) is 39.8 Å². The molecule has 0 spiro atoms. The highest BCUT2D eigenvalue weighted by Crippen LogP contribution is 2.36. The zero-order valence-electron chi connectivity index (χ0n) is 34.9. The molecule has 2 aromatic carbocycles. The number of unbranched alkanes of at least 4 members (excludes halogenated alkanes) is 18. The van der Waals surface area contributed by atoms with Crippen molar-refractivity contribution in [3.63, 3.8) is 0 Å². The van der Waals surface area contributed by atoms with Gasteiger partial charge in [-0.05, 0) is 48.2 Å². The molecule has 0 radical (unpaired) electrons. The molecule has 0 atom stereocenters. The van der Waals surface area contributed by atoms with E-state index in [0.29, 0.717) is 35.5 Å². The Morgan fingerprint density at radius 3 is 1.06 bits per heavy atom. The van der Waals surface area contributed by atoms with Crippen LogP contribution in [0.15, 0.2) is 36.4 Å². The molecule has 54 heavy (non-hydrogen) atoms. The third-order valence-electron chi connectivity index (χ3n) is 11.3. The second-order valence-corrected chi connectivity index (χ2v) is 17.1. The van der Waals surface area contributed by atoms with Crippen molar-refractivity contribution in [2.75, 3.05) is 13.2 Å². The summed E-state index contributed by atoms with van der Waals surface area (Å²) in [5.41, 5.74) is 1.92. The van der Waals surface area contributed by atoms with E-state index < -0.39 is 10.8 Å². The predicted octanol–water partition coefficient (Wildman–Crippen LogP) is 12.7. The average Bonchev–Trinajstić information content (AvgIpc) is 3.14. The van der Waals surface area contributed by atoms with Gasteiger partial charge in [-0.25, -0.2) is 0 Å². The van der Waals surface area contributed by atoms with Crippen molar-refractivity contribution in [3.8, 4) is 0 Å². The van der Waals surface area contributed by atoms with Gasteiger partial charge in [0.2, 0.25) is 0 Å². The van der Waals surface area contributed by atoms with Gasteiger partial charge in [-0.1, -0.05) is 169 Å². The largest absolute Gasteiger partial charge is 0.466 e. The molecule has 0 unspecified atom stereocenters. The van der Waals surface area contributed by atoms with Gasteiger partial charge in [-0.2, -0.15) is 0 Å². The van der Waals surface area contributed by atoms with E-state index in [4.69, 9.17) is 9.47 Å². The minimum absolute atomic E-state index is 0.183. The van der Waals surface area contributed by atoms with Gasteiger partial charge in [-0.3, -0.25) is 19.2 Å². The van der Waals surface area contributed by atoms with Gasteiger partial charge in [0, 0.05) is 33.1 Å². The fourth-order valence-corrected chi connectivity index (χ4v) is 7.57. The van der Waals surface area contributed by atoms with E-state index in [2.05, 4.69) is 13.8 Å². The number of hydrogen-bond donors (Lipinski definition) is 0. The number of carbonyl (C=O) groups excluding carboxylic acids is 4. The molecular weight excluding hydrogens is 673 g/mol. The number of ether oxygens (including phenoxy) is 2. The summed E-state index contributed by atoms with van der Waals surface area (Å²) in [5, 5.41) is 0. The van der Waals surface area contributed by atoms with Crippen LogP contribution in [0, 0.1) is 0 Å². The lowest BCUT2D eigenvalue weighted by molar-refractivity contribution is -0.146. The molecule has 1 aliphatic carbocycles. The Morgan fingerprint density at radius 1 is 0.444 bits per heavy atom. The zero-order valence-corrected chi connectivity index (χ0v) is 34.9. The second kappa shape index (κ2) is 23.6. The van der Waals surface area contributed by atoms with Gasteiger partial charge in [0.15, 0.2) is 11.6 Å². The molecule has 0 aliphatic heterocycles. The van der Waals surface area contributed by atoms with E-state index in [1.165, 1.54) is 103 Å². The van der Waals surface area contributed by atoms with E-state index in [0.717, 1.165) is 36.8 Å². The maximum absolute atomic E-state index is 13.8. The number of esters is 2. The van der Waals surface area contributed by atoms with Crippen molar-refractivity contribution in [3.05, 3.63) is 69.8 Å². The molecule has 300 valence electrons. The number of benzene rings is 2. The van der Waals surface area contributed by atoms with Crippen LogP contribution in [-0.2, 0) is 29.9 Å². The van der Waals surface area contributed by atoms with Crippen molar-refractivity contribution < 1.29 is 28.7 Å². The molecule has 0 saturated heterocycles. The van der Waals surface area contributed by atoms with Crippen LogP contribution < -0.4 is 0 Å². The van der Waals surface area contributed by atoms with Crippen LogP contribution in [-0.4, -0.2) is 36.7 Å². The summed E-state index contributed by atoms with van der Waals surface area (Å²) >= 11 is 0. The van der Waals surface area contributed by atoms with Crippen LogP contribution in [0.4, 0.5) is 0 Å². The zero-order chi connectivity index (χ0) is 39.4. The van der Waals surface area contributed by atoms with Crippen LogP contribution in [0.1, 0.15) is 226 Å². The Labute approximate surface area is 327 Å². The topological polar surface area (TPSA) is 86.7 Å². The van der Waals surface area contributed by atoms with E-state index in [1.54, 1.807) is 24.3 Å². The van der Waals surface area contributed by atoms with Crippen molar-refractivity contribution in [1.29, 1.82) is 0 Å². The lowest BCUT2D eigenvalue weighted by Crippen LogP contribution is -2.27. The molecule has 0 fully saturated rings. The fourth-order valence-electron chi connectivity index (χ4n) is 7.57. The Morgan fingerprint density at radius 2 is 0.741 bits per heavy atom. The Hall–Kier alpha value is -3.28. The standard InChI is InChI=1S/C48H72O6/c1-7-9-11-13-15-17-19-21-23-25-31-53-43(49)35-47(3,4)37-27-29-39-41(33-37)45(51)40-30-28-38(34-42(40)46(39)52)48(5,6)36-44(50)54-32-26-24-22-20-18-16-14-12-10-8-2/h27-30,33-34H,7-26,31-32,35-36H2,1-6H3. The molecule has 3 rings (SSSR count). The molecule has 6 heteroatoms. The van der Waals surface area contributed by atoms with E-state index >= 15 is 0 Å². The second-order valence-electron chi connectivity index (χ2n) is 17.1. The Balaban J connectivity index is 1.47. The first-order chi connectivity index (χ1) is 25.9. The normalized spacial score (nSPS) is 12.8. The lowest BCUT2D eigenvalue weighted by Gasteiger charge is -2.28. The maximum Gasteiger partial charge on any atom is 0.306 e. The number of ketones is 2. The Kier molecular flexibility index (Phi) is 19.7. The van der Waals surface area contributed by atoms with Crippen molar-refractivity contribution in [2.45, 2.75) is 194 Å². The lowest BCUT2D eigenvalue weighted by atomic mass is 9.75. The maximum atomic E-state index is 13.8. The quantitative estimate of drug-likeness (QED) is 0.0543. The number of carbonyl (C=O) groups is 4. The summed E-state index contributed by atoms with van der Waals surface area (Å²) < 4.78 is 11.2. The predicted molar refractivity (Wildman–Crippen MR) is 221 cm³/mol. The van der Waals surface area contributed by atoms with E-state index in [9.17, 15) is 19.2 Å². The van der Waals surface area contributed by atoms with Crippen molar-refractivity contribution >= 4 is 23.5 Å². The molecular formula is C48H72O6. The van der Waals surface area contributed by atoms with Gasteiger partial charge < -0.3 is 9.47 Å². The van der Waals surface area contributed by atoms with Gasteiger partial charge >= 0.3 is 11.9 Å². The van der Waals surface area contributed by atoms with Crippen molar-refractivity contribution in [1.82, 2.24) is 0 Å². The molecule has 0 heterocycles. The third-order valence-corrected chi connectivity index (χ3v) is 11.3.